The molecule has 6 heteroatoms. The van der Waals surface area contributed by atoms with E-state index in [0.717, 1.165) is 0 Å². The van der Waals surface area contributed by atoms with Gasteiger partial charge in [-0.2, -0.15) is 0 Å². The summed E-state index contributed by atoms with van der Waals surface area (Å²) in [4.78, 5) is 0. The minimum Gasteiger partial charge on any atom is -0.405 e. The first-order valence-electron chi connectivity index (χ1n) is 6.65. The van der Waals surface area contributed by atoms with Gasteiger partial charge in [0.1, 0.15) is 5.75 Å². The SMILES string of the molecule is CNC(c1ccccc1OC(F)(F)F)C(OC)C(C)(C)C. The molecule has 1 N–H and O–H groups in total. The lowest BCUT2D eigenvalue weighted by molar-refractivity contribution is -0.275. The first kappa shape index (κ1) is 17.8. The van der Waals surface area contributed by atoms with Crippen LogP contribution in [0.1, 0.15) is 32.4 Å². The Hall–Kier alpha value is -1.27. The van der Waals surface area contributed by atoms with Crippen LogP contribution in [0, 0.1) is 5.41 Å². The van der Waals surface area contributed by atoms with Crippen molar-refractivity contribution in [3.8, 4) is 5.75 Å². The molecule has 0 aliphatic rings. The molecule has 0 heterocycles. The van der Waals surface area contributed by atoms with Crippen molar-refractivity contribution in [3.63, 3.8) is 0 Å². The van der Waals surface area contributed by atoms with Crippen molar-refractivity contribution < 1.29 is 22.6 Å². The van der Waals surface area contributed by atoms with E-state index in [1.54, 1.807) is 26.3 Å². The average Bonchev–Trinajstić information content (AvgIpc) is 2.33. The second-order valence-corrected chi connectivity index (χ2v) is 5.87. The van der Waals surface area contributed by atoms with Gasteiger partial charge in [0.05, 0.1) is 12.1 Å². The molecule has 2 atom stereocenters. The van der Waals surface area contributed by atoms with Gasteiger partial charge >= 0.3 is 6.36 Å². The average molecular weight is 305 g/mol. The van der Waals surface area contributed by atoms with Crippen molar-refractivity contribution in [2.75, 3.05) is 14.2 Å². The van der Waals surface area contributed by atoms with Crippen molar-refractivity contribution >= 4 is 0 Å². The molecule has 0 bridgehead atoms. The molecule has 0 saturated carbocycles. The zero-order chi connectivity index (χ0) is 16.3. The fraction of sp³-hybridized carbons (Fsp3) is 0.600. The Kier molecular flexibility index (Phi) is 5.64. The van der Waals surface area contributed by atoms with Crippen LogP contribution in [0.3, 0.4) is 0 Å². The van der Waals surface area contributed by atoms with Crippen molar-refractivity contribution in [2.24, 2.45) is 5.41 Å². The Labute approximate surface area is 123 Å². The summed E-state index contributed by atoms with van der Waals surface area (Å²) in [6.07, 6.45) is -5.04. The topological polar surface area (TPSA) is 30.5 Å². The molecule has 0 aromatic heterocycles. The third-order valence-electron chi connectivity index (χ3n) is 3.20. The van der Waals surface area contributed by atoms with E-state index in [4.69, 9.17) is 4.74 Å². The second kappa shape index (κ2) is 6.66. The molecule has 3 nitrogen and oxygen atoms in total. The highest BCUT2D eigenvalue weighted by atomic mass is 19.4. The van der Waals surface area contributed by atoms with Crippen LogP contribution in [-0.4, -0.2) is 26.6 Å². The van der Waals surface area contributed by atoms with Crippen LogP contribution in [0.25, 0.3) is 0 Å². The zero-order valence-corrected chi connectivity index (χ0v) is 12.9. The largest absolute Gasteiger partial charge is 0.573 e. The summed E-state index contributed by atoms with van der Waals surface area (Å²) < 4.78 is 47.2. The zero-order valence-electron chi connectivity index (χ0n) is 12.9. The number of alkyl halides is 3. The fourth-order valence-electron chi connectivity index (χ4n) is 2.41. The molecular formula is C15H22F3NO2. The molecule has 1 aromatic carbocycles. The number of ether oxygens (including phenoxy) is 2. The normalized spacial score (nSPS) is 15.6. The molecule has 0 fully saturated rings. The molecular weight excluding hydrogens is 283 g/mol. The summed E-state index contributed by atoms with van der Waals surface area (Å²) in [5, 5.41) is 3.03. The summed E-state index contributed by atoms with van der Waals surface area (Å²) in [5.41, 5.74) is 0.160. The van der Waals surface area contributed by atoms with Gasteiger partial charge in [0, 0.05) is 12.7 Å². The Bertz CT molecular complexity index is 455. The van der Waals surface area contributed by atoms with E-state index in [2.05, 4.69) is 10.1 Å². The molecule has 0 amide bonds. The van der Waals surface area contributed by atoms with E-state index in [1.165, 1.54) is 12.1 Å². The molecule has 1 rings (SSSR count). The first-order chi connectivity index (χ1) is 9.60. The van der Waals surface area contributed by atoms with Crippen molar-refractivity contribution in [2.45, 2.75) is 39.3 Å². The maximum atomic E-state index is 12.5. The number of likely N-dealkylation sites (N-methyl/N-ethyl adjacent to an activating group) is 1. The Morgan fingerprint density at radius 1 is 1.10 bits per heavy atom. The number of methoxy groups -OCH3 is 1. The molecule has 21 heavy (non-hydrogen) atoms. The van der Waals surface area contributed by atoms with Gasteiger partial charge in [0.2, 0.25) is 0 Å². The monoisotopic (exact) mass is 305 g/mol. The van der Waals surface area contributed by atoms with E-state index >= 15 is 0 Å². The fourth-order valence-corrected chi connectivity index (χ4v) is 2.41. The van der Waals surface area contributed by atoms with Gasteiger partial charge in [0.15, 0.2) is 0 Å². The van der Waals surface area contributed by atoms with Gasteiger partial charge in [-0.1, -0.05) is 39.0 Å². The number of rotatable bonds is 5. The first-order valence-corrected chi connectivity index (χ1v) is 6.65. The molecule has 1 aromatic rings. The standard InChI is InChI=1S/C15H22F3NO2/c1-14(2,3)13(20-5)12(19-4)10-8-6-7-9-11(10)21-15(16,17)18/h6-9,12-13,19H,1-5H3. The summed E-state index contributed by atoms with van der Waals surface area (Å²) in [5.74, 6) is -0.212. The molecule has 0 saturated heterocycles. The Morgan fingerprint density at radius 3 is 2.10 bits per heavy atom. The van der Waals surface area contributed by atoms with Crippen molar-refractivity contribution in [1.29, 1.82) is 0 Å². The Balaban J connectivity index is 3.22. The maximum Gasteiger partial charge on any atom is 0.573 e. The summed E-state index contributed by atoms with van der Waals surface area (Å²) in [6, 6.07) is 5.69. The van der Waals surface area contributed by atoms with E-state index in [9.17, 15) is 13.2 Å². The summed E-state index contributed by atoms with van der Waals surface area (Å²) >= 11 is 0. The van der Waals surface area contributed by atoms with Crippen LogP contribution in [0.2, 0.25) is 0 Å². The van der Waals surface area contributed by atoms with Crippen molar-refractivity contribution in [3.05, 3.63) is 29.8 Å². The highest BCUT2D eigenvalue weighted by molar-refractivity contribution is 5.37. The number of halogens is 3. The molecule has 0 aliphatic carbocycles. The number of hydrogen-bond donors (Lipinski definition) is 1. The van der Waals surface area contributed by atoms with Gasteiger partial charge < -0.3 is 14.8 Å². The highest BCUT2D eigenvalue weighted by Crippen LogP contribution is 2.37. The number of nitrogens with one attached hydrogen (secondary N) is 1. The lowest BCUT2D eigenvalue weighted by Crippen LogP contribution is -2.40. The predicted molar refractivity (Wildman–Crippen MR) is 75.2 cm³/mol. The third kappa shape index (κ3) is 4.89. The van der Waals surface area contributed by atoms with Crippen LogP contribution < -0.4 is 10.1 Å². The molecule has 0 spiro atoms. The van der Waals surface area contributed by atoms with E-state index in [0.29, 0.717) is 5.56 Å². The third-order valence-corrected chi connectivity index (χ3v) is 3.20. The molecule has 120 valence electrons. The lowest BCUT2D eigenvalue weighted by atomic mass is 9.82. The van der Waals surface area contributed by atoms with Crippen LogP contribution in [0.15, 0.2) is 24.3 Å². The van der Waals surface area contributed by atoms with Crippen LogP contribution >= 0.6 is 0 Å². The van der Waals surface area contributed by atoms with Gasteiger partial charge in [0.25, 0.3) is 0 Å². The van der Waals surface area contributed by atoms with E-state index in [1.807, 2.05) is 20.8 Å². The van der Waals surface area contributed by atoms with Crippen LogP contribution in [0.5, 0.6) is 5.75 Å². The van der Waals surface area contributed by atoms with E-state index < -0.39 is 12.4 Å². The minimum absolute atomic E-state index is 0.212. The second-order valence-electron chi connectivity index (χ2n) is 5.87. The van der Waals surface area contributed by atoms with Gasteiger partial charge in [-0.05, 0) is 18.5 Å². The van der Waals surface area contributed by atoms with Crippen LogP contribution in [-0.2, 0) is 4.74 Å². The van der Waals surface area contributed by atoms with Crippen LogP contribution in [0.4, 0.5) is 13.2 Å². The number of benzene rings is 1. The summed E-state index contributed by atoms with van der Waals surface area (Å²) in [7, 11) is 3.24. The van der Waals surface area contributed by atoms with Gasteiger partial charge in [-0.25, -0.2) is 0 Å². The molecule has 2 unspecified atom stereocenters. The quantitative estimate of drug-likeness (QED) is 0.895. The van der Waals surface area contributed by atoms with Crippen molar-refractivity contribution in [1.82, 2.24) is 5.32 Å². The van der Waals surface area contributed by atoms with Gasteiger partial charge in [-0.3, -0.25) is 0 Å². The Morgan fingerprint density at radius 2 is 1.67 bits per heavy atom. The molecule has 0 radical (unpaired) electrons. The summed E-state index contributed by atoms with van der Waals surface area (Å²) in [6.45, 7) is 5.91. The lowest BCUT2D eigenvalue weighted by Gasteiger charge is -2.36. The predicted octanol–water partition coefficient (Wildman–Crippen LogP) is 3.91. The number of para-hydroxylation sites is 1. The maximum absolute atomic E-state index is 12.5. The van der Waals surface area contributed by atoms with E-state index in [-0.39, 0.29) is 17.3 Å². The smallest absolute Gasteiger partial charge is 0.405 e. The minimum atomic E-state index is -4.72. The molecule has 0 aliphatic heterocycles. The number of hydrogen-bond acceptors (Lipinski definition) is 3. The highest BCUT2D eigenvalue weighted by Gasteiger charge is 2.37. The van der Waals surface area contributed by atoms with Gasteiger partial charge in [-0.15, -0.1) is 13.2 Å².